The van der Waals surface area contributed by atoms with Gasteiger partial charge in [0.25, 0.3) is 5.69 Å². The zero-order chi connectivity index (χ0) is 20.9. The highest BCUT2D eigenvalue weighted by Crippen LogP contribution is 2.28. The average molecular weight is 407 g/mol. The minimum Gasteiger partial charge on any atom is -0.492 e. The van der Waals surface area contributed by atoms with Crippen molar-refractivity contribution < 1.29 is 22.9 Å². The number of rotatable bonds is 8. The first kappa shape index (κ1) is 21.2. The summed E-state index contributed by atoms with van der Waals surface area (Å²) in [5.74, 6) is -0.153. The number of nitro benzene ring substituents is 1. The Morgan fingerprint density at radius 1 is 1.25 bits per heavy atom. The Hall–Kier alpha value is -3.14. The van der Waals surface area contributed by atoms with Crippen LogP contribution in [0.1, 0.15) is 12.5 Å². The molecule has 0 heterocycles. The Bertz CT molecular complexity index is 991. The van der Waals surface area contributed by atoms with E-state index in [-0.39, 0.29) is 11.4 Å². The van der Waals surface area contributed by atoms with Gasteiger partial charge in [0.1, 0.15) is 12.3 Å². The van der Waals surface area contributed by atoms with Crippen LogP contribution in [0.3, 0.4) is 0 Å². The number of ether oxygens (including phenoxy) is 1. The van der Waals surface area contributed by atoms with E-state index in [1.807, 2.05) is 0 Å². The molecule has 10 heteroatoms. The number of aryl methyl sites for hydroxylation is 1. The van der Waals surface area contributed by atoms with E-state index in [4.69, 9.17) is 4.74 Å². The SMILES string of the molecule is CCOc1ccccc1NC(=O)CN(c1cc([N+](=O)[O-])ccc1C)S(C)(=O)=O. The number of carbonyl (C=O) groups is 1. The fourth-order valence-corrected chi connectivity index (χ4v) is 3.44. The van der Waals surface area contributed by atoms with Crippen LogP contribution in [-0.4, -0.2) is 38.7 Å². The lowest BCUT2D eigenvalue weighted by Crippen LogP contribution is -2.38. The number of nitro groups is 1. The minimum atomic E-state index is -3.87. The Balaban J connectivity index is 2.33. The minimum absolute atomic E-state index is 0.0740. The summed E-state index contributed by atoms with van der Waals surface area (Å²) in [6.45, 7) is 3.27. The molecule has 0 bridgehead atoms. The number of nitrogens with zero attached hydrogens (tertiary/aromatic N) is 2. The largest absolute Gasteiger partial charge is 0.492 e. The monoisotopic (exact) mass is 407 g/mol. The maximum absolute atomic E-state index is 12.5. The third kappa shape index (κ3) is 5.19. The fraction of sp³-hybridized carbons (Fsp3) is 0.278. The third-order valence-electron chi connectivity index (χ3n) is 3.82. The Labute approximate surface area is 163 Å². The van der Waals surface area contributed by atoms with E-state index in [9.17, 15) is 23.3 Å². The molecule has 150 valence electrons. The second kappa shape index (κ2) is 8.70. The van der Waals surface area contributed by atoms with Crippen LogP contribution in [0.2, 0.25) is 0 Å². The first-order valence-electron chi connectivity index (χ1n) is 8.38. The molecule has 0 atom stereocenters. The lowest BCUT2D eigenvalue weighted by Gasteiger charge is -2.23. The summed E-state index contributed by atoms with van der Waals surface area (Å²) in [4.78, 5) is 22.9. The zero-order valence-corrected chi connectivity index (χ0v) is 16.5. The molecule has 0 spiro atoms. The van der Waals surface area contributed by atoms with Gasteiger partial charge in [-0.2, -0.15) is 0 Å². The zero-order valence-electron chi connectivity index (χ0n) is 15.7. The van der Waals surface area contributed by atoms with Crippen LogP contribution in [0.4, 0.5) is 17.1 Å². The molecule has 0 fully saturated rings. The topological polar surface area (TPSA) is 119 Å². The molecule has 0 saturated heterocycles. The highest BCUT2D eigenvalue weighted by Gasteiger charge is 2.24. The summed E-state index contributed by atoms with van der Waals surface area (Å²) in [6.07, 6.45) is 0.937. The molecule has 2 aromatic carbocycles. The van der Waals surface area contributed by atoms with Crippen molar-refractivity contribution in [1.29, 1.82) is 0 Å². The number of anilines is 2. The van der Waals surface area contributed by atoms with Crippen LogP contribution in [0.25, 0.3) is 0 Å². The maximum atomic E-state index is 12.5. The van der Waals surface area contributed by atoms with Crippen molar-refractivity contribution in [1.82, 2.24) is 0 Å². The number of sulfonamides is 1. The van der Waals surface area contributed by atoms with Crippen molar-refractivity contribution >= 4 is 33.0 Å². The lowest BCUT2D eigenvalue weighted by atomic mass is 10.2. The smallest absolute Gasteiger partial charge is 0.271 e. The van der Waals surface area contributed by atoms with Gasteiger partial charge in [-0.3, -0.25) is 19.2 Å². The molecule has 0 unspecified atom stereocenters. The molecule has 0 aliphatic carbocycles. The molecule has 1 amide bonds. The van der Waals surface area contributed by atoms with Crippen LogP contribution in [-0.2, 0) is 14.8 Å². The number of para-hydroxylation sites is 2. The van der Waals surface area contributed by atoms with E-state index in [0.717, 1.165) is 16.6 Å². The first-order chi connectivity index (χ1) is 13.1. The summed E-state index contributed by atoms with van der Waals surface area (Å²) in [5, 5.41) is 13.7. The second-order valence-electron chi connectivity index (χ2n) is 5.97. The third-order valence-corrected chi connectivity index (χ3v) is 4.95. The van der Waals surface area contributed by atoms with Crippen LogP contribution in [0.5, 0.6) is 5.75 Å². The number of benzene rings is 2. The molecule has 28 heavy (non-hydrogen) atoms. The number of hydrogen-bond donors (Lipinski definition) is 1. The lowest BCUT2D eigenvalue weighted by molar-refractivity contribution is -0.384. The molecule has 1 N–H and O–H groups in total. The van der Waals surface area contributed by atoms with Gasteiger partial charge in [-0.05, 0) is 31.5 Å². The van der Waals surface area contributed by atoms with Gasteiger partial charge in [0.15, 0.2) is 0 Å². The molecule has 0 aliphatic heterocycles. The maximum Gasteiger partial charge on any atom is 0.271 e. The number of non-ortho nitro benzene ring substituents is 1. The van der Waals surface area contributed by atoms with E-state index in [1.165, 1.54) is 12.1 Å². The molecular weight excluding hydrogens is 386 g/mol. The van der Waals surface area contributed by atoms with Crippen molar-refractivity contribution in [2.45, 2.75) is 13.8 Å². The van der Waals surface area contributed by atoms with Gasteiger partial charge in [-0.25, -0.2) is 8.42 Å². The molecule has 9 nitrogen and oxygen atoms in total. The van der Waals surface area contributed by atoms with Crippen LogP contribution in [0, 0.1) is 17.0 Å². The molecule has 0 aromatic heterocycles. The van der Waals surface area contributed by atoms with Gasteiger partial charge in [0.2, 0.25) is 15.9 Å². The predicted octanol–water partition coefficient (Wildman–Crippen LogP) is 2.71. The quantitative estimate of drug-likeness (QED) is 0.531. The summed E-state index contributed by atoms with van der Waals surface area (Å²) in [5.41, 5.74) is 0.693. The van der Waals surface area contributed by atoms with Gasteiger partial charge in [-0.1, -0.05) is 18.2 Å². The van der Waals surface area contributed by atoms with Crippen molar-refractivity contribution in [3.05, 3.63) is 58.1 Å². The van der Waals surface area contributed by atoms with Gasteiger partial charge < -0.3 is 10.1 Å². The molecular formula is C18H21N3O6S. The Morgan fingerprint density at radius 2 is 1.93 bits per heavy atom. The van der Waals surface area contributed by atoms with Crippen molar-refractivity contribution in [3.63, 3.8) is 0 Å². The van der Waals surface area contributed by atoms with Gasteiger partial charge in [0.05, 0.1) is 29.2 Å². The standard InChI is InChI=1S/C18H21N3O6S/c1-4-27-17-8-6-5-7-15(17)19-18(22)12-20(28(3,25)26)16-11-14(21(23)24)10-9-13(16)2/h5-11H,4,12H2,1-3H3,(H,19,22). The summed E-state index contributed by atoms with van der Waals surface area (Å²) >= 11 is 0. The van der Waals surface area contributed by atoms with Crippen molar-refractivity contribution in [2.75, 3.05) is 29.0 Å². The van der Waals surface area contributed by atoms with Crippen LogP contribution < -0.4 is 14.4 Å². The normalized spacial score (nSPS) is 11.0. The van der Waals surface area contributed by atoms with Gasteiger partial charge >= 0.3 is 0 Å². The van der Waals surface area contributed by atoms with Crippen LogP contribution in [0.15, 0.2) is 42.5 Å². The van der Waals surface area contributed by atoms with Crippen molar-refractivity contribution in [3.8, 4) is 5.75 Å². The predicted molar refractivity (Wildman–Crippen MR) is 106 cm³/mol. The first-order valence-corrected chi connectivity index (χ1v) is 10.2. The number of carbonyl (C=O) groups excluding carboxylic acids is 1. The van der Waals surface area contributed by atoms with Crippen LogP contribution >= 0.6 is 0 Å². The van der Waals surface area contributed by atoms with Crippen molar-refractivity contribution in [2.24, 2.45) is 0 Å². The fourth-order valence-electron chi connectivity index (χ4n) is 2.53. The van der Waals surface area contributed by atoms with Gasteiger partial charge in [-0.15, -0.1) is 0 Å². The summed E-state index contributed by atoms with van der Waals surface area (Å²) < 4.78 is 30.8. The molecule has 2 rings (SSSR count). The Kier molecular flexibility index (Phi) is 6.57. The highest BCUT2D eigenvalue weighted by molar-refractivity contribution is 7.92. The average Bonchev–Trinajstić information content (AvgIpc) is 2.61. The van der Waals surface area contributed by atoms with E-state index >= 15 is 0 Å². The van der Waals surface area contributed by atoms with E-state index in [0.29, 0.717) is 23.6 Å². The van der Waals surface area contributed by atoms with Gasteiger partial charge in [0, 0.05) is 12.1 Å². The van der Waals surface area contributed by atoms with E-state index in [1.54, 1.807) is 38.1 Å². The molecule has 2 aromatic rings. The van der Waals surface area contributed by atoms with E-state index in [2.05, 4.69) is 5.32 Å². The second-order valence-corrected chi connectivity index (χ2v) is 7.88. The molecule has 0 radical (unpaired) electrons. The highest BCUT2D eigenvalue weighted by atomic mass is 32.2. The number of hydrogen-bond acceptors (Lipinski definition) is 6. The molecule has 0 saturated carbocycles. The van der Waals surface area contributed by atoms with E-state index < -0.39 is 27.4 Å². The molecule has 0 aliphatic rings. The Morgan fingerprint density at radius 3 is 2.54 bits per heavy atom. The summed E-state index contributed by atoms with van der Waals surface area (Å²) in [7, 11) is -3.87. The number of amides is 1. The number of nitrogens with one attached hydrogen (secondary N) is 1. The summed E-state index contributed by atoms with van der Waals surface area (Å²) in [6, 6.07) is 10.6.